The number of hydrogen-bond donors (Lipinski definition) is 1. The lowest BCUT2D eigenvalue weighted by Crippen LogP contribution is -2.32. The molecule has 0 bridgehead atoms. The molecule has 1 atom stereocenters. The molecule has 0 aromatic heterocycles. The van der Waals surface area contributed by atoms with Gasteiger partial charge in [-0.2, -0.15) is 0 Å². The van der Waals surface area contributed by atoms with Gasteiger partial charge in [-0.25, -0.2) is 8.78 Å². The summed E-state index contributed by atoms with van der Waals surface area (Å²) in [5.41, 5.74) is 0. The first-order valence-electron chi connectivity index (χ1n) is 4.20. The van der Waals surface area contributed by atoms with Crippen LogP contribution in [0, 0.1) is 5.92 Å². The zero-order valence-electron chi connectivity index (χ0n) is 7.46. The molecule has 1 fully saturated rings. The fourth-order valence-corrected chi connectivity index (χ4v) is 1.63. The van der Waals surface area contributed by atoms with E-state index in [1.54, 1.807) is 11.9 Å². The van der Waals surface area contributed by atoms with Crippen LogP contribution in [0.4, 0.5) is 8.78 Å². The number of rotatable bonds is 3. The van der Waals surface area contributed by atoms with Gasteiger partial charge < -0.3 is 10.0 Å². The van der Waals surface area contributed by atoms with Gasteiger partial charge in [-0.3, -0.25) is 4.79 Å². The fraction of sp³-hybridized carbons (Fsp3) is 0.875. The molecule has 76 valence electrons. The summed E-state index contributed by atoms with van der Waals surface area (Å²) in [5, 5.41) is 8.28. The van der Waals surface area contributed by atoms with Crippen LogP contribution >= 0.6 is 0 Å². The van der Waals surface area contributed by atoms with Gasteiger partial charge in [0.2, 0.25) is 0 Å². The molecule has 1 unspecified atom stereocenters. The lowest BCUT2D eigenvalue weighted by Gasteiger charge is -2.21. The van der Waals surface area contributed by atoms with E-state index in [0.717, 1.165) is 0 Å². The average molecular weight is 193 g/mol. The molecular weight excluding hydrogens is 180 g/mol. The molecule has 0 aliphatic carbocycles. The molecule has 0 radical (unpaired) electrons. The topological polar surface area (TPSA) is 40.5 Å². The van der Waals surface area contributed by atoms with Crippen molar-refractivity contribution in [3.63, 3.8) is 0 Å². The molecule has 1 aliphatic rings. The van der Waals surface area contributed by atoms with Crippen LogP contribution in [-0.2, 0) is 4.79 Å². The van der Waals surface area contributed by atoms with Gasteiger partial charge >= 0.3 is 5.97 Å². The van der Waals surface area contributed by atoms with Gasteiger partial charge in [0.15, 0.2) is 0 Å². The van der Waals surface area contributed by atoms with E-state index in [4.69, 9.17) is 5.11 Å². The number of nitrogens with zero attached hydrogens (tertiary/aromatic N) is 1. The lowest BCUT2D eigenvalue weighted by molar-refractivity contribution is -0.148. The Morgan fingerprint density at radius 2 is 2.31 bits per heavy atom. The Balaban J connectivity index is 2.53. The van der Waals surface area contributed by atoms with Crippen molar-refractivity contribution in [3.8, 4) is 0 Å². The highest BCUT2D eigenvalue weighted by atomic mass is 19.3. The van der Waals surface area contributed by atoms with Crippen LogP contribution in [0.15, 0.2) is 0 Å². The summed E-state index contributed by atoms with van der Waals surface area (Å²) in [5.74, 6) is -5.29. The first-order valence-corrected chi connectivity index (χ1v) is 4.20. The number of likely N-dealkylation sites (tertiary alicyclic amines) is 1. The van der Waals surface area contributed by atoms with Crippen molar-refractivity contribution in [1.29, 1.82) is 0 Å². The van der Waals surface area contributed by atoms with E-state index in [-0.39, 0.29) is 0 Å². The average Bonchev–Trinajstić information content (AvgIpc) is 2.32. The first kappa shape index (κ1) is 10.4. The lowest BCUT2D eigenvalue weighted by atomic mass is 9.98. The highest BCUT2D eigenvalue weighted by Crippen LogP contribution is 2.34. The van der Waals surface area contributed by atoms with Crippen LogP contribution in [0.5, 0.6) is 0 Å². The summed E-state index contributed by atoms with van der Waals surface area (Å²) in [7, 11) is 1.76. The number of hydrogen-bond acceptors (Lipinski definition) is 2. The number of carbonyl (C=O) groups is 1. The highest BCUT2D eigenvalue weighted by molar-refractivity contribution is 5.67. The predicted octanol–water partition coefficient (Wildman–Crippen LogP) is 1.05. The molecule has 1 rings (SSSR count). The van der Waals surface area contributed by atoms with Crippen molar-refractivity contribution in [2.45, 2.75) is 18.8 Å². The summed E-state index contributed by atoms with van der Waals surface area (Å²) < 4.78 is 26.3. The third-order valence-electron chi connectivity index (χ3n) is 2.38. The van der Waals surface area contributed by atoms with E-state index >= 15 is 0 Å². The minimum Gasteiger partial charge on any atom is -0.481 e. The second-order valence-corrected chi connectivity index (χ2v) is 3.58. The van der Waals surface area contributed by atoms with Gasteiger partial charge in [0, 0.05) is 12.5 Å². The van der Waals surface area contributed by atoms with Crippen LogP contribution in [0.1, 0.15) is 12.8 Å². The molecule has 5 heteroatoms. The molecule has 0 saturated carbocycles. The van der Waals surface area contributed by atoms with Crippen LogP contribution in [-0.4, -0.2) is 42.0 Å². The maximum atomic E-state index is 13.1. The van der Waals surface area contributed by atoms with E-state index in [9.17, 15) is 13.6 Å². The number of carboxylic acid groups (broad SMARTS) is 1. The standard InChI is InChI=1S/C8H13F2NO2/c1-11-3-2-6(5-11)8(9,10)4-7(12)13/h6H,2-5H2,1H3,(H,12,13). The van der Waals surface area contributed by atoms with Gasteiger partial charge in [0.05, 0.1) is 0 Å². The summed E-state index contributed by atoms with van der Waals surface area (Å²) in [6.07, 6.45) is -0.664. The Labute approximate surface area is 75.3 Å². The van der Waals surface area contributed by atoms with Gasteiger partial charge in [-0.1, -0.05) is 0 Å². The largest absolute Gasteiger partial charge is 0.481 e. The summed E-state index contributed by atoms with van der Waals surface area (Å²) in [6.45, 7) is 0.917. The van der Waals surface area contributed by atoms with Gasteiger partial charge in [0.1, 0.15) is 6.42 Å². The van der Waals surface area contributed by atoms with E-state index in [2.05, 4.69) is 0 Å². The van der Waals surface area contributed by atoms with Gasteiger partial charge in [0.25, 0.3) is 5.92 Å². The number of aliphatic carboxylic acids is 1. The van der Waals surface area contributed by atoms with Crippen LogP contribution in [0.2, 0.25) is 0 Å². The summed E-state index contributed by atoms with van der Waals surface area (Å²) in [6, 6.07) is 0. The molecule has 13 heavy (non-hydrogen) atoms. The maximum Gasteiger partial charge on any atom is 0.309 e. The molecule has 1 N–H and O–H groups in total. The molecule has 0 aromatic carbocycles. The molecule has 3 nitrogen and oxygen atoms in total. The van der Waals surface area contributed by atoms with E-state index in [1.165, 1.54) is 0 Å². The smallest absolute Gasteiger partial charge is 0.309 e. The Kier molecular flexibility index (Phi) is 2.85. The quantitative estimate of drug-likeness (QED) is 0.728. The monoisotopic (exact) mass is 193 g/mol. The number of alkyl halides is 2. The zero-order chi connectivity index (χ0) is 10.1. The van der Waals surface area contributed by atoms with Gasteiger partial charge in [-0.05, 0) is 20.0 Å². The molecule has 1 aliphatic heterocycles. The SMILES string of the molecule is CN1CCC(C(F)(F)CC(=O)O)C1. The normalized spacial score (nSPS) is 25.0. The Hall–Kier alpha value is -0.710. The third kappa shape index (κ3) is 2.62. The summed E-state index contributed by atoms with van der Waals surface area (Å²) in [4.78, 5) is 12.0. The molecule has 0 amide bonds. The predicted molar refractivity (Wildman–Crippen MR) is 42.8 cm³/mol. The molecule has 1 heterocycles. The Morgan fingerprint density at radius 1 is 1.69 bits per heavy atom. The van der Waals surface area contributed by atoms with Crippen LogP contribution in [0.3, 0.4) is 0 Å². The zero-order valence-corrected chi connectivity index (χ0v) is 7.46. The van der Waals surface area contributed by atoms with E-state index < -0.39 is 24.2 Å². The second kappa shape index (κ2) is 3.57. The highest BCUT2D eigenvalue weighted by Gasteiger charge is 2.44. The van der Waals surface area contributed by atoms with Crippen molar-refractivity contribution in [3.05, 3.63) is 0 Å². The fourth-order valence-electron chi connectivity index (χ4n) is 1.63. The van der Waals surface area contributed by atoms with Crippen molar-refractivity contribution in [2.75, 3.05) is 20.1 Å². The minimum atomic E-state index is -3.06. The molecule has 1 saturated heterocycles. The second-order valence-electron chi connectivity index (χ2n) is 3.58. The van der Waals surface area contributed by atoms with Crippen LogP contribution < -0.4 is 0 Å². The summed E-state index contributed by atoms with van der Waals surface area (Å²) >= 11 is 0. The van der Waals surface area contributed by atoms with E-state index in [0.29, 0.717) is 19.5 Å². The van der Waals surface area contributed by atoms with Crippen molar-refractivity contribution in [1.82, 2.24) is 4.90 Å². The van der Waals surface area contributed by atoms with Gasteiger partial charge in [-0.15, -0.1) is 0 Å². The van der Waals surface area contributed by atoms with Crippen LogP contribution in [0.25, 0.3) is 0 Å². The molecule has 0 spiro atoms. The Morgan fingerprint density at radius 3 is 2.69 bits per heavy atom. The molecule has 0 aromatic rings. The number of halogens is 2. The minimum absolute atomic E-state index is 0.292. The van der Waals surface area contributed by atoms with E-state index in [1.807, 2.05) is 0 Å². The Bertz CT molecular complexity index is 208. The van der Waals surface area contributed by atoms with Crippen molar-refractivity contribution < 1.29 is 18.7 Å². The first-order chi connectivity index (χ1) is 5.92. The maximum absolute atomic E-state index is 13.1. The number of carboxylic acids is 1. The van der Waals surface area contributed by atoms with Crippen molar-refractivity contribution in [2.24, 2.45) is 5.92 Å². The van der Waals surface area contributed by atoms with Crippen molar-refractivity contribution >= 4 is 5.97 Å². The third-order valence-corrected chi connectivity index (χ3v) is 2.38. The molecular formula is C8H13F2NO2.